The van der Waals surface area contributed by atoms with Crippen molar-refractivity contribution in [2.75, 3.05) is 0 Å². The van der Waals surface area contributed by atoms with Crippen molar-refractivity contribution in [1.82, 2.24) is 0 Å². The van der Waals surface area contributed by atoms with E-state index in [1.165, 1.54) is 5.39 Å². The third-order valence-electron chi connectivity index (χ3n) is 2.23. The molecule has 0 unspecified atom stereocenters. The quantitative estimate of drug-likeness (QED) is 0.680. The molecule has 0 bridgehead atoms. The number of hydrogen-bond donors (Lipinski definition) is 0. The summed E-state index contributed by atoms with van der Waals surface area (Å²) in [7, 11) is 6.10. The first-order valence-corrected chi connectivity index (χ1v) is 9.24. The maximum atomic E-state index is 6.10. The van der Waals surface area contributed by atoms with Crippen LogP contribution in [0.1, 0.15) is 0 Å². The molecule has 1 aliphatic heterocycles. The fourth-order valence-electron chi connectivity index (χ4n) is 1.57. The van der Waals surface area contributed by atoms with E-state index in [9.17, 15) is 0 Å². The van der Waals surface area contributed by atoms with Crippen molar-refractivity contribution in [2.45, 2.75) is 0 Å². The summed E-state index contributed by atoms with van der Waals surface area (Å²) < 4.78 is 6.31. The Morgan fingerprint density at radius 3 is 2.93 bits per heavy atom. The number of halogens is 1. The zero-order chi connectivity index (χ0) is 9.54. The molecule has 0 atom stereocenters. The molecule has 0 radical (unpaired) electrons. The fraction of sp³-hybridized carbons (Fsp3) is 0. The molecular weight excluding hydrogens is 313 g/mol. The van der Waals surface area contributed by atoms with E-state index in [1.54, 1.807) is 0 Å². The summed E-state index contributed by atoms with van der Waals surface area (Å²) >= 11 is -2.04. The third kappa shape index (κ3) is 1.17. The molecule has 3 rings (SSSR count). The Kier molecular flexibility index (Phi) is 1.98. The monoisotopic (exact) mass is 321 g/mol. The second-order valence-corrected chi connectivity index (χ2v) is 7.86. The molecule has 2 aromatic carbocycles. The SMILES string of the molecule is Cl[Te]1=c2ccc3ccccc3c2=NO1. The van der Waals surface area contributed by atoms with Crippen LogP contribution in [0.3, 0.4) is 0 Å². The van der Waals surface area contributed by atoms with Gasteiger partial charge < -0.3 is 0 Å². The molecule has 0 saturated carbocycles. The predicted molar refractivity (Wildman–Crippen MR) is 56.6 cm³/mol. The van der Waals surface area contributed by atoms with Gasteiger partial charge in [0.1, 0.15) is 0 Å². The van der Waals surface area contributed by atoms with E-state index in [0.717, 1.165) is 13.9 Å². The van der Waals surface area contributed by atoms with Gasteiger partial charge in [-0.1, -0.05) is 0 Å². The van der Waals surface area contributed by atoms with Crippen molar-refractivity contribution in [1.29, 1.82) is 0 Å². The molecule has 1 aliphatic rings. The van der Waals surface area contributed by atoms with E-state index in [4.69, 9.17) is 12.2 Å². The number of benzene rings is 2. The van der Waals surface area contributed by atoms with Gasteiger partial charge in [0, 0.05) is 0 Å². The van der Waals surface area contributed by atoms with Crippen molar-refractivity contribution in [3.63, 3.8) is 0 Å². The molecule has 70 valence electrons. The Hall–Kier alpha value is -0.620. The van der Waals surface area contributed by atoms with E-state index in [2.05, 4.69) is 23.4 Å². The molecule has 0 N–H and O–H groups in total. The van der Waals surface area contributed by atoms with E-state index in [0.29, 0.717) is 0 Å². The molecule has 0 aromatic heterocycles. The normalized spacial score (nSPS) is 14.9. The average Bonchev–Trinajstić information content (AvgIpc) is 2.61. The van der Waals surface area contributed by atoms with Crippen LogP contribution in [0, 0.1) is 3.20 Å². The standard InChI is InChI=1S/C10H6ClNOTe/c11-14-9-6-5-7-3-1-2-4-8(7)10(9)12-13-14/h1-6H. The van der Waals surface area contributed by atoms with Crippen LogP contribution >= 0.6 is 8.96 Å². The molecule has 0 aliphatic carbocycles. The molecule has 0 fully saturated rings. The van der Waals surface area contributed by atoms with Gasteiger partial charge in [-0.3, -0.25) is 0 Å². The van der Waals surface area contributed by atoms with Crippen LogP contribution in [0.25, 0.3) is 10.8 Å². The van der Waals surface area contributed by atoms with Gasteiger partial charge in [-0.2, -0.15) is 0 Å². The summed E-state index contributed by atoms with van der Waals surface area (Å²) in [5, 5.41) is 7.31. The molecule has 2 nitrogen and oxygen atoms in total. The zero-order valence-corrected chi connectivity index (χ0v) is 10.2. The summed E-state index contributed by atoms with van der Waals surface area (Å²) in [6.45, 7) is 0. The average molecular weight is 319 g/mol. The first-order valence-electron chi connectivity index (χ1n) is 4.17. The Balaban J connectivity index is 2.65. The van der Waals surface area contributed by atoms with Crippen molar-refractivity contribution in [3.8, 4) is 0 Å². The number of hydrogen-bond acceptors (Lipinski definition) is 2. The Bertz CT molecular complexity index is 638. The second kappa shape index (κ2) is 3.20. The third-order valence-corrected chi connectivity index (χ3v) is 6.24. The van der Waals surface area contributed by atoms with Gasteiger partial charge in [-0.05, 0) is 0 Å². The summed E-state index contributed by atoms with van der Waals surface area (Å²) in [6, 6.07) is 12.3. The number of rotatable bonds is 0. The Labute approximate surface area is 91.1 Å². The van der Waals surface area contributed by atoms with Gasteiger partial charge in [0.2, 0.25) is 0 Å². The van der Waals surface area contributed by atoms with Crippen LogP contribution in [0.2, 0.25) is 0 Å². The van der Waals surface area contributed by atoms with Crippen molar-refractivity contribution >= 4 is 38.1 Å². The molecule has 0 saturated heterocycles. The topological polar surface area (TPSA) is 21.6 Å². The van der Waals surface area contributed by atoms with Crippen molar-refractivity contribution < 1.29 is 3.20 Å². The van der Waals surface area contributed by atoms with E-state index in [1.807, 2.05) is 18.2 Å². The van der Waals surface area contributed by atoms with Crippen molar-refractivity contribution in [2.24, 2.45) is 5.16 Å². The fourth-order valence-corrected chi connectivity index (χ4v) is 4.58. The second-order valence-electron chi connectivity index (χ2n) is 3.02. The van der Waals surface area contributed by atoms with Crippen LogP contribution in [0.15, 0.2) is 41.6 Å². The van der Waals surface area contributed by atoms with E-state index >= 15 is 0 Å². The molecule has 1 heterocycles. The number of fused-ring (bicyclic) bond motifs is 3. The van der Waals surface area contributed by atoms with Gasteiger partial charge in [0.25, 0.3) is 0 Å². The molecule has 4 heteroatoms. The van der Waals surface area contributed by atoms with Crippen LogP contribution in [-0.2, 0) is 3.20 Å². The van der Waals surface area contributed by atoms with Gasteiger partial charge in [0.15, 0.2) is 0 Å². The van der Waals surface area contributed by atoms with Gasteiger partial charge in [-0.15, -0.1) is 0 Å². The van der Waals surface area contributed by atoms with E-state index < -0.39 is 18.4 Å². The van der Waals surface area contributed by atoms with Crippen LogP contribution < -0.4 is 5.36 Å². The van der Waals surface area contributed by atoms with Crippen molar-refractivity contribution in [3.05, 3.63) is 45.0 Å². The molecule has 14 heavy (non-hydrogen) atoms. The molecule has 0 amide bonds. The van der Waals surface area contributed by atoms with Crippen LogP contribution in [0.5, 0.6) is 0 Å². The zero-order valence-electron chi connectivity index (χ0n) is 7.11. The van der Waals surface area contributed by atoms with Gasteiger partial charge >= 0.3 is 91.4 Å². The minimum absolute atomic E-state index is 0.940. The summed E-state index contributed by atoms with van der Waals surface area (Å²) in [4.78, 5) is 0. The summed E-state index contributed by atoms with van der Waals surface area (Å²) in [5.41, 5.74) is 0. The Morgan fingerprint density at radius 1 is 1.14 bits per heavy atom. The van der Waals surface area contributed by atoms with Crippen LogP contribution in [0.4, 0.5) is 0 Å². The Morgan fingerprint density at radius 2 is 2.00 bits per heavy atom. The van der Waals surface area contributed by atoms with Crippen LogP contribution in [-0.4, -0.2) is 18.4 Å². The summed E-state index contributed by atoms with van der Waals surface area (Å²) in [5.74, 6) is 0. The van der Waals surface area contributed by atoms with Gasteiger partial charge in [-0.25, -0.2) is 0 Å². The minimum atomic E-state index is -2.04. The number of nitrogens with zero attached hydrogens (tertiary/aromatic N) is 1. The predicted octanol–water partition coefficient (Wildman–Crippen LogP) is 1.96. The molecular formula is C10H6ClNOTe. The summed E-state index contributed by atoms with van der Waals surface area (Å²) in [6.07, 6.45) is 0. The van der Waals surface area contributed by atoms with E-state index in [-0.39, 0.29) is 0 Å². The van der Waals surface area contributed by atoms with Gasteiger partial charge in [0.05, 0.1) is 0 Å². The first kappa shape index (κ1) is 8.67. The maximum absolute atomic E-state index is 6.10. The first-order chi connectivity index (χ1) is 6.86. The molecule has 0 spiro atoms. The molecule has 2 aromatic rings.